The molecule has 32 heavy (non-hydrogen) atoms. The Balaban J connectivity index is 1.68. The van der Waals surface area contributed by atoms with E-state index in [2.05, 4.69) is 9.97 Å². The van der Waals surface area contributed by atoms with E-state index in [1.807, 2.05) is 35.0 Å². The Bertz CT molecular complexity index is 1440. The Kier molecular flexibility index (Phi) is 5.21. The van der Waals surface area contributed by atoms with E-state index < -0.39 is 27.0 Å². The number of nitro groups is 2. The smallest absolute Gasteiger partial charge is 0.395 e. The van der Waals surface area contributed by atoms with E-state index in [9.17, 15) is 30.1 Å². The van der Waals surface area contributed by atoms with Gasteiger partial charge < -0.3 is 14.7 Å². The van der Waals surface area contributed by atoms with Crippen molar-refractivity contribution in [2.75, 3.05) is 0 Å². The van der Waals surface area contributed by atoms with Crippen LogP contribution in [-0.4, -0.2) is 29.5 Å². The highest BCUT2D eigenvalue weighted by molar-refractivity contribution is 5.91. The van der Waals surface area contributed by atoms with Crippen LogP contribution in [0.5, 0.6) is 5.88 Å². The number of non-ortho nitro benzene ring substituents is 1. The van der Waals surface area contributed by atoms with E-state index in [1.54, 1.807) is 18.2 Å². The van der Waals surface area contributed by atoms with Crippen molar-refractivity contribution in [2.24, 2.45) is 0 Å². The van der Waals surface area contributed by atoms with Crippen molar-refractivity contribution in [3.05, 3.63) is 102 Å². The number of benzene rings is 2. The van der Waals surface area contributed by atoms with Crippen molar-refractivity contribution in [3.63, 3.8) is 0 Å². The lowest BCUT2D eigenvalue weighted by atomic mass is 10.1. The highest BCUT2D eigenvalue weighted by Gasteiger charge is 2.21. The molecule has 0 radical (unpaired) electrons. The summed E-state index contributed by atoms with van der Waals surface area (Å²) in [6.45, 7) is 0.472. The average molecular weight is 433 g/mol. The van der Waals surface area contributed by atoms with Gasteiger partial charge in [0.15, 0.2) is 0 Å². The zero-order valence-electron chi connectivity index (χ0n) is 16.3. The predicted octanol–water partition coefficient (Wildman–Crippen LogP) is 3.47. The molecule has 2 aromatic carbocycles. The average Bonchev–Trinajstić information content (AvgIpc) is 3.09. The predicted molar refractivity (Wildman–Crippen MR) is 116 cm³/mol. The third-order valence-corrected chi connectivity index (χ3v) is 4.82. The van der Waals surface area contributed by atoms with Crippen LogP contribution in [0, 0.1) is 20.2 Å². The van der Waals surface area contributed by atoms with Crippen molar-refractivity contribution in [1.29, 1.82) is 0 Å². The molecule has 0 spiro atoms. The van der Waals surface area contributed by atoms with Crippen LogP contribution in [0.2, 0.25) is 0 Å². The summed E-state index contributed by atoms with van der Waals surface area (Å²) in [5.74, 6) is -0.996. The van der Waals surface area contributed by atoms with Crippen molar-refractivity contribution in [3.8, 4) is 5.88 Å². The zero-order valence-corrected chi connectivity index (χ0v) is 16.3. The van der Waals surface area contributed by atoms with Crippen LogP contribution in [0.25, 0.3) is 23.1 Å². The molecule has 0 saturated carbocycles. The Morgan fingerprint density at radius 2 is 1.75 bits per heavy atom. The molecule has 0 aliphatic carbocycles. The molecular formula is C21H15N5O6. The van der Waals surface area contributed by atoms with Crippen LogP contribution in [0.15, 0.2) is 59.5 Å². The Labute approximate surface area is 179 Å². The molecule has 11 heteroatoms. The number of nitrogens with zero attached hydrogens (tertiary/aromatic N) is 4. The first kappa shape index (κ1) is 20.5. The van der Waals surface area contributed by atoms with Crippen LogP contribution in [0.4, 0.5) is 11.4 Å². The molecule has 0 amide bonds. The van der Waals surface area contributed by atoms with Gasteiger partial charge in [-0.15, -0.1) is 0 Å². The summed E-state index contributed by atoms with van der Waals surface area (Å²) in [4.78, 5) is 38.0. The maximum atomic E-state index is 11.8. The van der Waals surface area contributed by atoms with Gasteiger partial charge >= 0.3 is 11.2 Å². The highest BCUT2D eigenvalue weighted by Crippen LogP contribution is 2.25. The number of aromatic nitrogens is 3. The second kappa shape index (κ2) is 8.14. The van der Waals surface area contributed by atoms with Gasteiger partial charge in [-0.05, 0) is 23.8 Å². The number of hydrogen-bond donors (Lipinski definition) is 2. The number of aromatic amines is 1. The first-order chi connectivity index (χ1) is 15.3. The second-order valence-corrected chi connectivity index (χ2v) is 6.87. The van der Waals surface area contributed by atoms with Crippen LogP contribution < -0.4 is 5.56 Å². The molecule has 2 N–H and O–H groups in total. The summed E-state index contributed by atoms with van der Waals surface area (Å²) >= 11 is 0. The standard InChI is InChI=1S/C21H15N5O6/c27-20-19(26(31)32)21(28)23-18(22-20)10-7-14-12-24(17-4-2-1-3-16(14)17)11-13-5-8-15(9-6-13)25(29)30/h1-10,12H,11H2,(H2,22,23,27,28)/b10-7+. The van der Waals surface area contributed by atoms with Crippen LogP contribution in [-0.2, 0) is 6.54 Å². The third-order valence-electron chi connectivity index (χ3n) is 4.82. The lowest BCUT2D eigenvalue weighted by Crippen LogP contribution is -2.14. The van der Waals surface area contributed by atoms with Gasteiger partial charge in [0.25, 0.3) is 11.6 Å². The molecule has 0 bridgehead atoms. The number of para-hydroxylation sites is 1. The van der Waals surface area contributed by atoms with Crippen LogP contribution in [0.3, 0.4) is 0 Å². The largest absolute Gasteiger partial charge is 0.488 e. The second-order valence-electron chi connectivity index (χ2n) is 6.87. The zero-order chi connectivity index (χ0) is 22.8. The summed E-state index contributed by atoms with van der Waals surface area (Å²) < 4.78 is 1.97. The molecular weight excluding hydrogens is 418 g/mol. The molecule has 0 atom stereocenters. The topological polar surface area (TPSA) is 157 Å². The van der Waals surface area contributed by atoms with Gasteiger partial charge in [0.2, 0.25) is 0 Å². The Morgan fingerprint density at radius 1 is 1.03 bits per heavy atom. The number of nitrogens with one attached hydrogen (secondary N) is 1. The molecule has 0 unspecified atom stereocenters. The Hall–Kier alpha value is -4.80. The van der Waals surface area contributed by atoms with Crippen LogP contribution >= 0.6 is 0 Å². The first-order valence-electron chi connectivity index (χ1n) is 9.30. The van der Waals surface area contributed by atoms with E-state index in [-0.39, 0.29) is 11.5 Å². The van der Waals surface area contributed by atoms with Gasteiger partial charge in [-0.3, -0.25) is 25.0 Å². The molecule has 160 valence electrons. The van der Waals surface area contributed by atoms with Crippen LogP contribution in [0.1, 0.15) is 17.0 Å². The molecule has 0 aliphatic rings. The minimum Gasteiger partial charge on any atom is -0.488 e. The van der Waals surface area contributed by atoms with Crippen molar-refractivity contribution < 1.29 is 15.0 Å². The summed E-state index contributed by atoms with van der Waals surface area (Å²) in [5.41, 5.74) is 0.520. The summed E-state index contributed by atoms with van der Waals surface area (Å²) in [7, 11) is 0. The number of aromatic hydroxyl groups is 1. The first-order valence-corrected chi connectivity index (χ1v) is 9.30. The SMILES string of the molecule is O=c1[nH]c(/C=C/c2cn(Cc3ccc([N+](=O)[O-])cc3)c3ccccc23)nc(O)c1[N+](=O)[O-]. The van der Waals surface area contributed by atoms with Gasteiger partial charge in [0.1, 0.15) is 5.82 Å². The normalized spacial score (nSPS) is 11.2. The molecule has 0 saturated heterocycles. The summed E-state index contributed by atoms with van der Waals surface area (Å²) in [6, 6.07) is 13.9. The van der Waals surface area contributed by atoms with Gasteiger partial charge in [-0.2, -0.15) is 4.98 Å². The van der Waals surface area contributed by atoms with Gasteiger partial charge in [0, 0.05) is 41.3 Å². The van der Waals surface area contributed by atoms with Gasteiger partial charge in [0.05, 0.1) is 9.85 Å². The molecule has 2 aromatic heterocycles. The molecule has 0 fully saturated rings. The lowest BCUT2D eigenvalue weighted by Gasteiger charge is -2.05. The number of hydrogen-bond acceptors (Lipinski definition) is 7. The van der Waals surface area contributed by atoms with E-state index in [0.29, 0.717) is 6.54 Å². The van der Waals surface area contributed by atoms with Crippen molar-refractivity contribution in [1.82, 2.24) is 14.5 Å². The number of rotatable bonds is 6. The number of nitro benzene ring substituents is 1. The number of fused-ring (bicyclic) bond motifs is 1. The lowest BCUT2D eigenvalue weighted by molar-refractivity contribution is -0.387. The van der Waals surface area contributed by atoms with E-state index in [0.717, 1.165) is 22.0 Å². The fourth-order valence-corrected chi connectivity index (χ4v) is 3.34. The highest BCUT2D eigenvalue weighted by atomic mass is 16.6. The van der Waals surface area contributed by atoms with E-state index >= 15 is 0 Å². The van der Waals surface area contributed by atoms with E-state index in [1.165, 1.54) is 18.2 Å². The van der Waals surface area contributed by atoms with Gasteiger partial charge in [-0.25, -0.2) is 0 Å². The van der Waals surface area contributed by atoms with E-state index in [4.69, 9.17) is 0 Å². The third kappa shape index (κ3) is 3.94. The maximum absolute atomic E-state index is 11.8. The maximum Gasteiger partial charge on any atom is 0.395 e. The Morgan fingerprint density at radius 3 is 2.41 bits per heavy atom. The van der Waals surface area contributed by atoms with Crippen molar-refractivity contribution >= 4 is 34.4 Å². The number of H-pyrrole nitrogens is 1. The summed E-state index contributed by atoms with van der Waals surface area (Å²) in [6.07, 6.45) is 4.97. The fourth-order valence-electron chi connectivity index (χ4n) is 3.34. The van der Waals surface area contributed by atoms with Crippen molar-refractivity contribution in [2.45, 2.75) is 6.54 Å². The quantitative estimate of drug-likeness (QED) is 0.348. The monoisotopic (exact) mass is 433 g/mol. The van der Waals surface area contributed by atoms with Gasteiger partial charge in [-0.1, -0.05) is 30.3 Å². The fraction of sp³-hybridized carbons (Fsp3) is 0.0476. The molecule has 0 aliphatic heterocycles. The minimum absolute atomic E-state index is 0.0163. The summed E-state index contributed by atoms with van der Waals surface area (Å²) in [5, 5.41) is 32.2. The minimum atomic E-state index is -1.05. The molecule has 4 aromatic rings. The molecule has 4 rings (SSSR count). The molecule has 2 heterocycles. The molecule has 11 nitrogen and oxygen atoms in total.